The van der Waals surface area contributed by atoms with Gasteiger partial charge in [-0.05, 0) is 53.8 Å². The first-order chi connectivity index (χ1) is 12.7. The Balaban J connectivity index is 1.65. The summed E-state index contributed by atoms with van der Waals surface area (Å²) in [6, 6.07) is 15.7. The number of unbranched alkanes of at least 4 members (excludes halogenated alkanes) is 2. The molecule has 0 fully saturated rings. The summed E-state index contributed by atoms with van der Waals surface area (Å²) < 4.78 is 0. The fraction of sp³-hybridized carbons (Fsp3) is 0.286. The van der Waals surface area contributed by atoms with Crippen LogP contribution in [0.25, 0.3) is 16.6 Å². The van der Waals surface area contributed by atoms with E-state index in [2.05, 4.69) is 29.4 Å². The molecule has 2 aromatic carbocycles. The third kappa shape index (κ3) is 4.36. The van der Waals surface area contributed by atoms with Crippen molar-refractivity contribution in [2.45, 2.75) is 39.5 Å². The highest BCUT2D eigenvalue weighted by Gasteiger charge is 2.09. The quantitative estimate of drug-likeness (QED) is 0.364. The van der Waals surface area contributed by atoms with Crippen LogP contribution in [0, 0.1) is 0 Å². The number of allylic oxidation sites excluding steroid dienone is 1. The number of carbonyl (C=O) groups is 1. The second-order valence-electron chi connectivity index (χ2n) is 6.34. The van der Waals surface area contributed by atoms with Gasteiger partial charge < -0.3 is 4.84 Å². The van der Waals surface area contributed by atoms with Crippen LogP contribution in [-0.2, 0) is 11.2 Å². The van der Waals surface area contributed by atoms with Gasteiger partial charge in [0.15, 0.2) is 0 Å². The molecular formula is C21H23N3O2. The number of rotatable bonds is 7. The normalized spacial score (nSPS) is 11.7. The summed E-state index contributed by atoms with van der Waals surface area (Å²) in [6.07, 6.45) is 6.26. The number of nitrogens with zero attached hydrogens (tertiary/aromatic N) is 3. The molecule has 3 aromatic rings. The maximum absolute atomic E-state index is 12.2. The fourth-order valence-electron chi connectivity index (χ4n) is 2.80. The summed E-state index contributed by atoms with van der Waals surface area (Å²) in [5, 5.41) is 7.82. The summed E-state index contributed by atoms with van der Waals surface area (Å²) >= 11 is 0. The van der Waals surface area contributed by atoms with Crippen LogP contribution in [0.5, 0.6) is 0 Å². The number of benzene rings is 2. The van der Waals surface area contributed by atoms with Gasteiger partial charge in [-0.15, -0.1) is 5.10 Å². The first kappa shape index (κ1) is 17.9. The Morgan fingerprint density at radius 2 is 1.88 bits per heavy atom. The van der Waals surface area contributed by atoms with Crippen molar-refractivity contribution in [3.63, 3.8) is 0 Å². The van der Waals surface area contributed by atoms with Gasteiger partial charge in [0.05, 0.1) is 0 Å². The average molecular weight is 349 g/mol. The number of aryl methyl sites for hydroxylation is 1. The zero-order valence-corrected chi connectivity index (χ0v) is 15.2. The summed E-state index contributed by atoms with van der Waals surface area (Å²) in [6.45, 7) is 4.10. The molecule has 3 rings (SSSR count). The van der Waals surface area contributed by atoms with E-state index in [9.17, 15) is 4.79 Å². The van der Waals surface area contributed by atoms with E-state index in [4.69, 9.17) is 4.84 Å². The number of fused-ring (bicyclic) bond motifs is 1. The van der Waals surface area contributed by atoms with Gasteiger partial charge in [-0.3, -0.25) is 0 Å². The van der Waals surface area contributed by atoms with Crippen LogP contribution in [0.3, 0.4) is 0 Å². The molecule has 0 aliphatic rings. The van der Waals surface area contributed by atoms with Crippen molar-refractivity contribution >= 4 is 22.6 Å². The zero-order valence-electron chi connectivity index (χ0n) is 15.2. The molecule has 0 unspecified atom stereocenters. The molecule has 0 aliphatic heterocycles. The molecule has 0 radical (unpaired) electrons. The molecule has 26 heavy (non-hydrogen) atoms. The highest BCUT2D eigenvalue weighted by atomic mass is 16.7. The van der Waals surface area contributed by atoms with Crippen molar-refractivity contribution in [3.05, 3.63) is 65.7 Å². The van der Waals surface area contributed by atoms with Crippen molar-refractivity contribution in [2.24, 2.45) is 0 Å². The van der Waals surface area contributed by atoms with Crippen molar-refractivity contribution in [2.75, 3.05) is 0 Å². The first-order valence-electron chi connectivity index (χ1n) is 8.97. The monoisotopic (exact) mass is 349 g/mol. The van der Waals surface area contributed by atoms with E-state index in [1.165, 1.54) is 30.9 Å². The molecule has 0 aliphatic carbocycles. The smallest absolute Gasteiger partial charge is 0.312 e. The lowest BCUT2D eigenvalue weighted by Gasteiger charge is -2.05. The molecule has 1 heterocycles. The van der Waals surface area contributed by atoms with Crippen molar-refractivity contribution < 1.29 is 9.63 Å². The van der Waals surface area contributed by atoms with Crippen LogP contribution >= 0.6 is 0 Å². The van der Waals surface area contributed by atoms with Crippen molar-refractivity contribution in [3.8, 4) is 0 Å². The van der Waals surface area contributed by atoms with E-state index in [1.54, 1.807) is 6.07 Å². The van der Waals surface area contributed by atoms with E-state index >= 15 is 0 Å². The number of hydrogen-bond acceptors (Lipinski definition) is 4. The van der Waals surface area contributed by atoms with Crippen molar-refractivity contribution in [1.29, 1.82) is 0 Å². The lowest BCUT2D eigenvalue weighted by atomic mass is 10.0. The molecule has 0 saturated carbocycles. The van der Waals surface area contributed by atoms with E-state index in [0.717, 1.165) is 22.4 Å². The summed E-state index contributed by atoms with van der Waals surface area (Å²) in [5.41, 5.74) is 4.51. The topological polar surface area (TPSA) is 57.0 Å². The largest absolute Gasteiger partial charge is 0.358 e. The predicted octanol–water partition coefficient (Wildman–Crippen LogP) is 4.22. The van der Waals surface area contributed by atoms with Gasteiger partial charge in [0.1, 0.15) is 11.0 Å². The maximum atomic E-state index is 12.2. The van der Waals surface area contributed by atoms with Gasteiger partial charge in [0.2, 0.25) is 0 Å². The second kappa shape index (κ2) is 8.43. The number of aromatic nitrogens is 3. The Labute approximate surface area is 153 Å². The summed E-state index contributed by atoms with van der Waals surface area (Å²) in [4.78, 5) is 18.6. The van der Waals surface area contributed by atoms with Gasteiger partial charge >= 0.3 is 5.97 Å². The van der Waals surface area contributed by atoms with E-state index in [1.807, 2.05) is 37.3 Å². The minimum Gasteiger partial charge on any atom is -0.312 e. The molecule has 0 spiro atoms. The van der Waals surface area contributed by atoms with Crippen LogP contribution < -0.4 is 4.84 Å². The van der Waals surface area contributed by atoms with Crippen LogP contribution in [0.1, 0.15) is 44.2 Å². The molecule has 5 nitrogen and oxygen atoms in total. The van der Waals surface area contributed by atoms with Crippen LogP contribution in [-0.4, -0.2) is 21.1 Å². The molecule has 5 heteroatoms. The second-order valence-corrected chi connectivity index (χ2v) is 6.34. The molecular weight excluding hydrogens is 326 g/mol. The minimum absolute atomic E-state index is 0.481. The lowest BCUT2D eigenvalue weighted by Crippen LogP contribution is -2.19. The van der Waals surface area contributed by atoms with Gasteiger partial charge in [-0.2, -0.15) is 0 Å². The summed E-state index contributed by atoms with van der Waals surface area (Å²) in [5.74, 6) is -0.481. The fourth-order valence-corrected chi connectivity index (χ4v) is 2.80. The number of carbonyl (C=O) groups excluding carboxylic acids is 1. The molecule has 1 aromatic heterocycles. The minimum atomic E-state index is -0.481. The number of hydrogen-bond donors (Lipinski definition) is 0. The zero-order chi connectivity index (χ0) is 18.4. The van der Waals surface area contributed by atoms with Gasteiger partial charge in [0, 0.05) is 6.08 Å². The van der Waals surface area contributed by atoms with Crippen LogP contribution in [0.4, 0.5) is 0 Å². The van der Waals surface area contributed by atoms with Crippen molar-refractivity contribution in [1.82, 2.24) is 15.2 Å². The highest BCUT2D eigenvalue weighted by Crippen LogP contribution is 2.16. The highest BCUT2D eigenvalue weighted by molar-refractivity contribution is 5.91. The predicted molar refractivity (Wildman–Crippen MR) is 102 cm³/mol. The SMILES string of the molecule is CCCCCc1ccc(/C(C)=C/C(=O)On2nnc3ccccc32)cc1. The first-order valence-corrected chi connectivity index (χ1v) is 8.97. The van der Waals surface area contributed by atoms with Gasteiger partial charge in [0.25, 0.3) is 0 Å². The van der Waals surface area contributed by atoms with Crippen LogP contribution in [0.2, 0.25) is 0 Å². The van der Waals surface area contributed by atoms with E-state index < -0.39 is 5.97 Å². The molecule has 0 N–H and O–H groups in total. The Kier molecular flexibility index (Phi) is 5.79. The Bertz CT molecular complexity index is 910. The Hall–Kier alpha value is -2.95. The van der Waals surface area contributed by atoms with Crippen LogP contribution in [0.15, 0.2) is 54.6 Å². The molecule has 0 saturated heterocycles. The Morgan fingerprint density at radius 3 is 2.65 bits per heavy atom. The third-order valence-electron chi connectivity index (χ3n) is 4.31. The number of para-hydroxylation sites is 1. The standard InChI is InChI=1S/C21H23N3O2/c1-3-4-5-8-17-11-13-18(14-12-17)16(2)15-21(25)26-24-20-10-7-6-9-19(20)22-23-24/h6-7,9-15H,3-5,8H2,1-2H3/b16-15+. The molecule has 0 atom stereocenters. The lowest BCUT2D eigenvalue weighted by molar-refractivity contribution is -0.139. The summed E-state index contributed by atoms with van der Waals surface area (Å²) in [7, 11) is 0. The Morgan fingerprint density at radius 1 is 1.12 bits per heavy atom. The molecule has 0 bridgehead atoms. The van der Waals surface area contributed by atoms with Gasteiger partial charge in [-0.1, -0.05) is 61.0 Å². The molecule has 134 valence electrons. The average Bonchev–Trinajstić information content (AvgIpc) is 3.05. The van der Waals surface area contributed by atoms with E-state index in [-0.39, 0.29) is 0 Å². The third-order valence-corrected chi connectivity index (χ3v) is 4.31. The molecule has 0 amide bonds. The van der Waals surface area contributed by atoms with E-state index in [0.29, 0.717) is 11.0 Å². The van der Waals surface area contributed by atoms with Gasteiger partial charge in [-0.25, -0.2) is 4.79 Å². The maximum Gasteiger partial charge on any atom is 0.358 e.